The fourth-order valence-corrected chi connectivity index (χ4v) is 9.18. The van der Waals surface area contributed by atoms with Crippen molar-refractivity contribution in [3.8, 4) is 0 Å². The molecule has 4 aliphatic rings. The molecule has 1 N–H and O–H groups in total. The van der Waals surface area contributed by atoms with Gasteiger partial charge in [-0.2, -0.15) is 13.2 Å². The van der Waals surface area contributed by atoms with E-state index in [1.54, 1.807) is 0 Å². The first-order valence-electron chi connectivity index (χ1n) is 13.5. The Kier molecular flexibility index (Phi) is 6.44. The van der Waals surface area contributed by atoms with Crippen LogP contribution in [0.3, 0.4) is 0 Å². The third kappa shape index (κ3) is 4.10. The Hall–Kier alpha value is -0.840. The Morgan fingerprint density at radius 2 is 1.71 bits per heavy atom. The summed E-state index contributed by atoms with van der Waals surface area (Å²) in [5.41, 5.74) is -2.30. The van der Waals surface area contributed by atoms with Crippen LogP contribution in [-0.4, -0.2) is 22.7 Å². The van der Waals surface area contributed by atoms with Crippen molar-refractivity contribution in [2.75, 3.05) is 0 Å². The average Bonchev–Trinajstić information content (AvgIpc) is 3.07. The molecule has 0 aliphatic heterocycles. The van der Waals surface area contributed by atoms with Crippen LogP contribution in [0.2, 0.25) is 0 Å². The predicted molar refractivity (Wildman–Crippen MR) is 129 cm³/mol. The molecule has 4 fully saturated rings. The average molecular weight is 483 g/mol. The van der Waals surface area contributed by atoms with Crippen LogP contribution in [0.5, 0.6) is 0 Å². The van der Waals surface area contributed by atoms with E-state index >= 15 is 0 Å². The van der Waals surface area contributed by atoms with Crippen molar-refractivity contribution in [3.05, 3.63) is 12.7 Å². The summed E-state index contributed by atoms with van der Waals surface area (Å²) in [6.07, 6.45) is 5.47. The van der Waals surface area contributed by atoms with Crippen LogP contribution in [0.15, 0.2) is 12.7 Å². The Balaban J connectivity index is 1.53. The van der Waals surface area contributed by atoms with Gasteiger partial charge in [0.25, 0.3) is 0 Å². The summed E-state index contributed by atoms with van der Waals surface area (Å²) in [6.45, 7) is 14.2. The van der Waals surface area contributed by atoms with Crippen LogP contribution in [0, 0.1) is 51.8 Å². The summed E-state index contributed by atoms with van der Waals surface area (Å²) < 4.78 is 39.7. The maximum absolute atomic E-state index is 13.5. The third-order valence-electron chi connectivity index (χ3n) is 11.5. The first-order valence-corrected chi connectivity index (χ1v) is 13.5. The van der Waals surface area contributed by atoms with E-state index in [9.17, 15) is 23.1 Å². The summed E-state index contributed by atoms with van der Waals surface area (Å²) in [6, 6.07) is 0. The van der Waals surface area contributed by atoms with E-state index in [1.807, 2.05) is 6.08 Å². The lowest BCUT2D eigenvalue weighted by Crippen LogP contribution is -2.57. The molecule has 0 heterocycles. The van der Waals surface area contributed by atoms with E-state index in [0.717, 1.165) is 45.4 Å². The van der Waals surface area contributed by atoms with Gasteiger partial charge in [0.2, 0.25) is 0 Å². The number of hydrogen-bond donors (Lipinski definition) is 1. The zero-order chi connectivity index (χ0) is 25.3. The topological polar surface area (TPSA) is 37.3 Å². The molecule has 0 aromatic rings. The van der Waals surface area contributed by atoms with E-state index in [4.69, 9.17) is 0 Å². The highest BCUT2D eigenvalue weighted by molar-refractivity contribution is 5.83. The molecule has 9 atom stereocenters. The van der Waals surface area contributed by atoms with Gasteiger partial charge in [-0.15, -0.1) is 6.58 Å². The first kappa shape index (κ1) is 26.2. The smallest absolute Gasteiger partial charge is 0.381 e. The second-order valence-electron chi connectivity index (χ2n) is 13.9. The van der Waals surface area contributed by atoms with E-state index in [-0.39, 0.29) is 40.4 Å². The van der Waals surface area contributed by atoms with E-state index in [2.05, 4.69) is 34.3 Å². The van der Waals surface area contributed by atoms with Gasteiger partial charge in [-0.25, -0.2) is 0 Å². The number of alkyl halides is 3. The number of carbonyl (C=O) groups is 1. The number of rotatable bonds is 5. The summed E-state index contributed by atoms with van der Waals surface area (Å²) in [5.74, 6) is 2.32. The van der Waals surface area contributed by atoms with Crippen molar-refractivity contribution in [3.63, 3.8) is 0 Å². The second-order valence-corrected chi connectivity index (χ2v) is 13.9. The summed E-state index contributed by atoms with van der Waals surface area (Å²) in [7, 11) is 0. The summed E-state index contributed by atoms with van der Waals surface area (Å²) >= 11 is 0. The van der Waals surface area contributed by atoms with Gasteiger partial charge in [0.1, 0.15) is 5.78 Å². The highest BCUT2D eigenvalue weighted by Crippen LogP contribution is 2.69. The zero-order valence-corrected chi connectivity index (χ0v) is 21.8. The van der Waals surface area contributed by atoms with Gasteiger partial charge in [0.05, 0.1) is 0 Å². The fourth-order valence-electron chi connectivity index (χ4n) is 9.18. The number of Topliss-reactive ketones (excluding diaryl/α,β-unsaturated/α-hetero) is 1. The van der Waals surface area contributed by atoms with Gasteiger partial charge in [-0.3, -0.25) is 4.79 Å². The van der Waals surface area contributed by atoms with Crippen LogP contribution in [0.1, 0.15) is 98.8 Å². The molecule has 2 nitrogen and oxygen atoms in total. The monoisotopic (exact) mass is 482 g/mol. The molecular weight excluding hydrogens is 437 g/mol. The molecule has 0 unspecified atom stereocenters. The molecule has 4 saturated carbocycles. The standard InChI is InChI=1S/C29H45F3O2/c1-7-18(10-13-28(6,34)29(30,31)32)20-8-9-21-19-16-24(33)23-17-25(2,3)14-15-27(23,5)22(19)11-12-26(20,21)4/h7,18-23,34H,1,8-17H2,2-6H3/t18-,19+,20-,21+,22+,23+,26-,27-,28+/m1/s1. The van der Waals surface area contributed by atoms with E-state index < -0.39 is 11.8 Å². The number of ketones is 1. The lowest BCUT2D eigenvalue weighted by atomic mass is 9.42. The lowest BCUT2D eigenvalue weighted by molar-refractivity contribution is -0.256. The molecule has 0 aromatic carbocycles. The van der Waals surface area contributed by atoms with Gasteiger partial charge in [-0.05, 0) is 111 Å². The molecule has 0 bridgehead atoms. The Labute approximate surface area is 204 Å². The van der Waals surface area contributed by atoms with Gasteiger partial charge >= 0.3 is 6.18 Å². The van der Waals surface area contributed by atoms with Crippen molar-refractivity contribution in [2.24, 2.45) is 51.8 Å². The molecule has 0 radical (unpaired) electrons. The highest BCUT2D eigenvalue weighted by Gasteiger charge is 2.63. The Morgan fingerprint density at radius 3 is 2.32 bits per heavy atom. The Bertz CT molecular complexity index is 815. The predicted octanol–water partition coefficient (Wildman–Crippen LogP) is 7.75. The number of hydrogen-bond acceptors (Lipinski definition) is 2. The largest absolute Gasteiger partial charge is 0.416 e. The minimum absolute atomic E-state index is 0.0293. The molecular formula is C29H45F3O2. The van der Waals surface area contributed by atoms with Crippen molar-refractivity contribution >= 4 is 5.78 Å². The third-order valence-corrected chi connectivity index (χ3v) is 11.5. The van der Waals surface area contributed by atoms with Crippen molar-refractivity contribution in [2.45, 2.75) is 111 Å². The van der Waals surface area contributed by atoms with Crippen molar-refractivity contribution in [1.82, 2.24) is 0 Å². The van der Waals surface area contributed by atoms with Crippen LogP contribution in [-0.2, 0) is 4.79 Å². The van der Waals surface area contributed by atoms with E-state index in [0.29, 0.717) is 36.4 Å². The van der Waals surface area contributed by atoms with Gasteiger partial charge in [0, 0.05) is 12.3 Å². The molecule has 5 heteroatoms. The quantitative estimate of drug-likeness (QED) is 0.407. The van der Waals surface area contributed by atoms with Gasteiger partial charge in [0.15, 0.2) is 5.60 Å². The molecule has 0 spiro atoms. The maximum atomic E-state index is 13.5. The van der Waals surface area contributed by atoms with Gasteiger partial charge in [-0.1, -0.05) is 33.8 Å². The Morgan fingerprint density at radius 1 is 1.06 bits per heavy atom. The molecule has 4 aliphatic carbocycles. The fraction of sp³-hybridized carbons (Fsp3) is 0.897. The minimum atomic E-state index is -4.62. The SMILES string of the molecule is C=C[C@H](CC[C@](C)(O)C(F)(F)F)[C@H]1CC[C@H]2[C@@H]3CC(=O)[C@@H]4CC(C)(C)CC[C@]4(C)[C@H]3CC[C@]12C. The van der Waals surface area contributed by atoms with E-state index in [1.165, 1.54) is 6.42 Å². The molecule has 4 rings (SSSR count). The number of aliphatic hydroxyl groups is 1. The van der Waals surface area contributed by atoms with Crippen molar-refractivity contribution in [1.29, 1.82) is 0 Å². The molecule has 0 saturated heterocycles. The van der Waals surface area contributed by atoms with Crippen LogP contribution >= 0.6 is 0 Å². The van der Waals surface area contributed by atoms with Crippen molar-refractivity contribution < 1.29 is 23.1 Å². The molecule has 0 aromatic heterocycles. The van der Waals surface area contributed by atoms with Crippen LogP contribution < -0.4 is 0 Å². The first-order chi connectivity index (χ1) is 15.6. The number of halogens is 3. The normalized spacial score (nSPS) is 44.4. The highest BCUT2D eigenvalue weighted by atomic mass is 19.4. The minimum Gasteiger partial charge on any atom is -0.381 e. The molecule has 0 amide bonds. The molecule has 194 valence electrons. The van der Waals surface area contributed by atoms with Gasteiger partial charge < -0.3 is 5.11 Å². The zero-order valence-electron chi connectivity index (χ0n) is 21.8. The number of allylic oxidation sites excluding steroid dienone is 1. The molecule has 34 heavy (non-hydrogen) atoms. The van der Waals surface area contributed by atoms with Crippen LogP contribution in [0.25, 0.3) is 0 Å². The number of fused-ring (bicyclic) bond motifs is 5. The maximum Gasteiger partial charge on any atom is 0.416 e. The summed E-state index contributed by atoms with van der Waals surface area (Å²) in [4.78, 5) is 13.5. The summed E-state index contributed by atoms with van der Waals surface area (Å²) in [5, 5.41) is 10.00. The van der Waals surface area contributed by atoms with Crippen LogP contribution in [0.4, 0.5) is 13.2 Å². The number of carbonyl (C=O) groups excluding carboxylic acids is 1. The second kappa shape index (κ2) is 8.35. The lowest BCUT2D eigenvalue weighted by Gasteiger charge is -2.61.